The highest BCUT2D eigenvalue weighted by Gasteiger charge is 2.25. The number of hydrogen-bond donors (Lipinski definition) is 1. The van der Waals surface area contributed by atoms with Crippen molar-refractivity contribution in [2.75, 3.05) is 6.79 Å². The summed E-state index contributed by atoms with van der Waals surface area (Å²) in [6.45, 7) is 3.76. The van der Waals surface area contributed by atoms with Gasteiger partial charge in [-0.15, -0.1) is 11.3 Å². The standard InChI is InChI=1S/C16H15N3O3S/c1-3-16(2,8-17)19-14(20)11-7-23-15(18-11)10-4-5-12-13(6-10)22-9-21-12/h4-7H,3,9H2,1-2H3,(H,19,20). The van der Waals surface area contributed by atoms with Crippen molar-refractivity contribution in [3.63, 3.8) is 0 Å². The summed E-state index contributed by atoms with van der Waals surface area (Å²) in [5.41, 5.74) is 0.272. The van der Waals surface area contributed by atoms with Crippen molar-refractivity contribution < 1.29 is 14.3 Å². The Morgan fingerprint density at radius 1 is 1.48 bits per heavy atom. The predicted molar refractivity (Wildman–Crippen MR) is 85.4 cm³/mol. The van der Waals surface area contributed by atoms with E-state index in [1.807, 2.05) is 25.1 Å². The summed E-state index contributed by atoms with van der Waals surface area (Å²) in [4.78, 5) is 16.6. The molecule has 0 saturated heterocycles. The number of benzene rings is 1. The number of amides is 1. The second kappa shape index (κ2) is 5.89. The molecule has 0 fully saturated rings. The Morgan fingerprint density at radius 3 is 3.00 bits per heavy atom. The minimum absolute atomic E-state index is 0.216. The second-order valence-corrected chi connectivity index (χ2v) is 6.22. The summed E-state index contributed by atoms with van der Waals surface area (Å²) in [6, 6.07) is 7.65. The Kier molecular flexibility index (Phi) is 3.92. The number of carbonyl (C=O) groups excluding carboxylic acids is 1. The lowest BCUT2D eigenvalue weighted by atomic mass is 10.0. The maximum absolute atomic E-state index is 12.2. The zero-order chi connectivity index (χ0) is 16.4. The quantitative estimate of drug-likeness (QED) is 0.932. The van der Waals surface area contributed by atoms with Crippen LogP contribution in [0, 0.1) is 11.3 Å². The summed E-state index contributed by atoms with van der Waals surface area (Å²) in [6.07, 6.45) is 0.522. The van der Waals surface area contributed by atoms with E-state index in [2.05, 4.69) is 16.4 Å². The third-order valence-electron chi connectivity index (χ3n) is 3.70. The molecule has 0 bridgehead atoms. The molecule has 3 rings (SSSR count). The first kappa shape index (κ1) is 15.3. The van der Waals surface area contributed by atoms with Gasteiger partial charge in [-0.2, -0.15) is 5.26 Å². The summed E-state index contributed by atoms with van der Waals surface area (Å²) >= 11 is 1.37. The third kappa shape index (κ3) is 2.98. The van der Waals surface area contributed by atoms with Gasteiger partial charge in [0.2, 0.25) is 6.79 Å². The van der Waals surface area contributed by atoms with Crippen molar-refractivity contribution >= 4 is 17.2 Å². The van der Waals surface area contributed by atoms with Gasteiger partial charge in [0, 0.05) is 10.9 Å². The average molecular weight is 329 g/mol. The maximum Gasteiger partial charge on any atom is 0.272 e. The zero-order valence-electron chi connectivity index (χ0n) is 12.8. The number of nitrogens with zero attached hydrogens (tertiary/aromatic N) is 2. The van der Waals surface area contributed by atoms with Crippen molar-refractivity contribution in [2.24, 2.45) is 0 Å². The fraction of sp³-hybridized carbons (Fsp3) is 0.312. The molecule has 0 saturated carbocycles. The fourth-order valence-corrected chi connectivity index (χ4v) is 2.85. The van der Waals surface area contributed by atoms with Gasteiger partial charge >= 0.3 is 0 Å². The van der Waals surface area contributed by atoms with Crippen LogP contribution in [0.3, 0.4) is 0 Å². The van der Waals surface area contributed by atoms with Crippen LogP contribution in [0.1, 0.15) is 30.8 Å². The molecule has 1 atom stereocenters. The average Bonchev–Trinajstić information content (AvgIpc) is 3.22. The van der Waals surface area contributed by atoms with Crippen LogP contribution < -0.4 is 14.8 Å². The van der Waals surface area contributed by atoms with Crippen LogP contribution in [0.15, 0.2) is 23.6 Å². The monoisotopic (exact) mass is 329 g/mol. The molecule has 1 aromatic heterocycles. The predicted octanol–water partition coefficient (Wildman–Crippen LogP) is 2.96. The summed E-state index contributed by atoms with van der Waals surface area (Å²) in [5.74, 6) is 1.03. The minimum atomic E-state index is -0.889. The van der Waals surface area contributed by atoms with E-state index >= 15 is 0 Å². The molecule has 1 amide bonds. The molecule has 23 heavy (non-hydrogen) atoms. The molecule has 0 aliphatic carbocycles. The van der Waals surface area contributed by atoms with Gasteiger partial charge in [0.25, 0.3) is 5.91 Å². The van der Waals surface area contributed by atoms with Crippen molar-refractivity contribution in [1.29, 1.82) is 5.26 Å². The van der Waals surface area contributed by atoms with Gasteiger partial charge in [-0.1, -0.05) is 6.92 Å². The van der Waals surface area contributed by atoms with E-state index in [1.165, 1.54) is 11.3 Å². The van der Waals surface area contributed by atoms with Gasteiger partial charge < -0.3 is 14.8 Å². The molecule has 0 spiro atoms. The third-order valence-corrected chi connectivity index (χ3v) is 4.59. The summed E-state index contributed by atoms with van der Waals surface area (Å²) in [5, 5.41) is 14.3. The number of rotatable bonds is 4. The second-order valence-electron chi connectivity index (χ2n) is 5.36. The van der Waals surface area contributed by atoms with Crippen LogP contribution in [-0.2, 0) is 0 Å². The van der Waals surface area contributed by atoms with Crippen LogP contribution in [0.4, 0.5) is 0 Å². The van der Waals surface area contributed by atoms with E-state index in [1.54, 1.807) is 12.3 Å². The van der Waals surface area contributed by atoms with Crippen LogP contribution in [-0.4, -0.2) is 23.2 Å². The number of aromatic nitrogens is 1. The van der Waals surface area contributed by atoms with E-state index in [0.29, 0.717) is 28.6 Å². The van der Waals surface area contributed by atoms with Crippen LogP contribution in [0.5, 0.6) is 11.5 Å². The molecule has 2 heterocycles. The minimum Gasteiger partial charge on any atom is -0.454 e. The number of thiazole rings is 1. The number of fused-ring (bicyclic) bond motifs is 1. The van der Waals surface area contributed by atoms with Crippen molar-refractivity contribution in [3.05, 3.63) is 29.3 Å². The maximum atomic E-state index is 12.2. The Labute approximate surface area is 137 Å². The molecule has 118 valence electrons. The highest BCUT2D eigenvalue weighted by atomic mass is 32.1. The van der Waals surface area contributed by atoms with Crippen molar-refractivity contribution in [3.8, 4) is 28.1 Å². The highest BCUT2D eigenvalue weighted by molar-refractivity contribution is 7.13. The van der Waals surface area contributed by atoms with Crippen LogP contribution >= 0.6 is 11.3 Å². The molecule has 0 radical (unpaired) electrons. The van der Waals surface area contributed by atoms with Gasteiger partial charge in [-0.05, 0) is 31.5 Å². The lowest BCUT2D eigenvalue weighted by Gasteiger charge is -2.20. The Morgan fingerprint density at radius 2 is 2.26 bits per heavy atom. The van der Waals surface area contributed by atoms with Crippen LogP contribution in [0.25, 0.3) is 10.6 Å². The van der Waals surface area contributed by atoms with E-state index in [0.717, 1.165) is 5.56 Å². The Bertz CT molecular complexity index is 796. The van der Waals surface area contributed by atoms with E-state index in [4.69, 9.17) is 14.7 Å². The normalized spacial score (nSPS) is 14.8. The van der Waals surface area contributed by atoms with E-state index < -0.39 is 5.54 Å². The largest absolute Gasteiger partial charge is 0.454 e. The van der Waals surface area contributed by atoms with Gasteiger partial charge in [0.15, 0.2) is 11.5 Å². The van der Waals surface area contributed by atoms with E-state index in [-0.39, 0.29) is 12.7 Å². The van der Waals surface area contributed by atoms with Gasteiger partial charge in [0.05, 0.1) is 6.07 Å². The Balaban J connectivity index is 1.81. The number of nitriles is 1. The van der Waals surface area contributed by atoms with Gasteiger partial charge in [-0.3, -0.25) is 4.79 Å². The molecule has 1 aromatic carbocycles. The molecule has 1 aliphatic rings. The molecule has 1 unspecified atom stereocenters. The van der Waals surface area contributed by atoms with E-state index in [9.17, 15) is 4.79 Å². The first-order chi connectivity index (χ1) is 11.0. The van der Waals surface area contributed by atoms with Crippen molar-refractivity contribution in [1.82, 2.24) is 10.3 Å². The lowest BCUT2D eigenvalue weighted by Crippen LogP contribution is -2.44. The van der Waals surface area contributed by atoms with Crippen molar-refractivity contribution in [2.45, 2.75) is 25.8 Å². The molecular weight excluding hydrogens is 314 g/mol. The Hall–Kier alpha value is -2.59. The molecule has 7 heteroatoms. The topological polar surface area (TPSA) is 84.2 Å². The molecule has 6 nitrogen and oxygen atoms in total. The highest BCUT2D eigenvalue weighted by Crippen LogP contribution is 2.36. The fourth-order valence-electron chi connectivity index (χ4n) is 2.05. The van der Waals surface area contributed by atoms with Crippen LogP contribution in [0.2, 0.25) is 0 Å². The SMILES string of the molecule is CCC(C)(C#N)NC(=O)c1csc(-c2ccc3c(c2)OCO3)n1. The first-order valence-corrected chi connectivity index (χ1v) is 8.02. The lowest BCUT2D eigenvalue weighted by molar-refractivity contribution is 0.0918. The smallest absolute Gasteiger partial charge is 0.272 e. The number of ether oxygens (including phenoxy) is 2. The summed E-state index contributed by atoms with van der Waals surface area (Å²) < 4.78 is 10.6. The number of hydrogen-bond acceptors (Lipinski definition) is 6. The number of carbonyl (C=O) groups is 1. The van der Waals surface area contributed by atoms with Gasteiger partial charge in [0.1, 0.15) is 16.2 Å². The molecular formula is C16H15N3O3S. The zero-order valence-corrected chi connectivity index (χ0v) is 13.6. The van der Waals surface area contributed by atoms with Gasteiger partial charge in [-0.25, -0.2) is 4.98 Å². The first-order valence-electron chi connectivity index (χ1n) is 7.14. The molecule has 2 aromatic rings. The molecule has 1 aliphatic heterocycles. The molecule has 1 N–H and O–H groups in total. The summed E-state index contributed by atoms with van der Waals surface area (Å²) in [7, 11) is 0. The number of nitrogens with one attached hydrogen (secondary N) is 1.